The van der Waals surface area contributed by atoms with E-state index in [4.69, 9.17) is 23.2 Å². The molecule has 2 aliphatic heterocycles. The van der Waals surface area contributed by atoms with Gasteiger partial charge < -0.3 is 14.5 Å². The first-order chi connectivity index (χ1) is 16.3. The number of nitrogens with zero attached hydrogens (tertiary/aromatic N) is 3. The van der Waals surface area contributed by atoms with Crippen LogP contribution in [0.15, 0.2) is 42.5 Å². The average molecular weight is 530 g/mol. The Morgan fingerprint density at radius 3 is 2.26 bits per heavy atom. The first kappa shape index (κ1) is 25.1. The summed E-state index contributed by atoms with van der Waals surface area (Å²) >= 11 is 12.2. The highest BCUT2D eigenvalue weighted by Gasteiger charge is 2.63. The number of benzene rings is 2. The molecule has 2 saturated heterocycles. The van der Waals surface area contributed by atoms with Gasteiger partial charge in [0, 0.05) is 37.1 Å². The summed E-state index contributed by atoms with van der Waals surface area (Å²) in [5.41, 5.74) is -0.723. The molecule has 0 spiro atoms. The molecule has 2 aromatic rings. The van der Waals surface area contributed by atoms with Crippen molar-refractivity contribution in [2.75, 3.05) is 25.5 Å². The molecule has 0 aromatic heterocycles. The lowest BCUT2D eigenvalue weighted by atomic mass is 9.85. The number of anilines is 1. The number of carbonyl (C=O) groups excluding carboxylic acids is 3. The second-order valence-corrected chi connectivity index (χ2v) is 9.57. The average Bonchev–Trinajstić information content (AvgIpc) is 3.21. The van der Waals surface area contributed by atoms with E-state index in [0.29, 0.717) is 5.56 Å². The maximum atomic E-state index is 13.8. The summed E-state index contributed by atoms with van der Waals surface area (Å²) in [5.74, 6) is -1.82. The van der Waals surface area contributed by atoms with Crippen LogP contribution in [-0.4, -0.2) is 60.2 Å². The van der Waals surface area contributed by atoms with Gasteiger partial charge in [-0.1, -0.05) is 35.3 Å². The van der Waals surface area contributed by atoms with Crippen molar-refractivity contribution in [3.63, 3.8) is 0 Å². The Morgan fingerprint density at radius 2 is 1.71 bits per heavy atom. The molecule has 4 rings (SSSR count). The number of ether oxygens (including phenoxy) is 1. The fraction of sp³-hybridized carbons (Fsp3) is 0.348. The topological polar surface area (TPSA) is 70.2 Å². The van der Waals surface area contributed by atoms with Crippen molar-refractivity contribution >= 4 is 46.7 Å². The maximum absolute atomic E-state index is 13.8. The van der Waals surface area contributed by atoms with Crippen LogP contribution in [-0.2, 0) is 16.0 Å². The van der Waals surface area contributed by atoms with E-state index in [0.717, 1.165) is 17.0 Å². The van der Waals surface area contributed by atoms with Crippen LogP contribution < -0.4 is 9.64 Å². The molecule has 0 saturated carbocycles. The number of alkyl halides is 3. The van der Waals surface area contributed by atoms with Crippen molar-refractivity contribution in [1.82, 2.24) is 9.80 Å². The number of amides is 4. The first-order valence-corrected chi connectivity index (χ1v) is 11.2. The largest absolute Gasteiger partial charge is 0.573 e. The Balaban J connectivity index is 1.71. The van der Waals surface area contributed by atoms with E-state index in [-0.39, 0.29) is 41.0 Å². The zero-order valence-electron chi connectivity index (χ0n) is 18.6. The summed E-state index contributed by atoms with van der Waals surface area (Å²) in [4.78, 5) is 43.7. The minimum absolute atomic E-state index is 0.00806. The van der Waals surface area contributed by atoms with Gasteiger partial charge in [0.25, 0.3) is 5.91 Å². The Kier molecular flexibility index (Phi) is 6.39. The number of urea groups is 1. The van der Waals surface area contributed by atoms with Crippen LogP contribution >= 0.6 is 23.2 Å². The molecule has 7 nitrogen and oxygen atoms in total. The summed E-state index contributed by atoms with van der Waals surface area (Å²) in [6.07, 6.45) is -4.79. The summed E-state index contributed by atoms with van der Waals surface area (Å²) in [6, 6.07) is 8.77. The van der Waals surface area contributed by atoms with Crippen LogP contribution in [0.25, 0.3) is 0 Å². The zero-order chi connectivity index (χ0) is 25.7. The molecule has 2 fully saturated rings. The molecule has 35 heavy (non-hydrogen) atoms. The fourth-order valence-corrected chi connectivity index (χ4v) is 5.19. The summed E-state index contributed by atoms with van der Waals surface area (Å²) in [6.45, 7) is 0.0155. The number of rotatable bonds is 5. The van der Waals surface area contributed by atoms with Crippen molar-refractivity contribution in [3.05, 3.63) is 58.1 Å². The summed E-state index contributed by atoms with van der Waals surface area (Å²) in [5, 5.41) is 0.463. The third-order valence-corrected chi connectivity index (χ3v) is 6.51. The van der Waals surface area contributed by atoms with Crippen LogP contribution in [0.2, 0.25) is 10.0 Å². The molecule has 2 heterocycles. The lowest BCUT2D eigenvalue weighted by Crippen LogP contribution is -2.47. The number of imide groups is 1. The summed E-state index contributed by atoms with van der Waals surface area (Å²) < 4.78 is 41.4. The van der Waals surface area contributed by atoms with Crippen LogP contribution in [0.1, 0.15) is 12.0 Å². The normalized spacial score (nSPS) is 22.0. The van der Waals surface area contributed by atoms with Gasteiger partial charge in [-0.2, -0.15) is 0 Å². The standard InChI is InChI=1S/C23H20Cl2F3N3O4/c1-29(2)19(32)14-11-22(10-13-3-5-18(6-4-13)35-23(26,27)28)20(33)31(21(34)30(22)12-14)17-8-15(24)7-16(25)9-17/h3-9,14H,10-12H2,1-2H3/t14-,22+/m1/s1. The van der Waals surface area contributed by atoms with E-state index in [1.807, 2.05) is 0 Å². The van der Waals surface area contributed by atoms with E-state index in [9.17, 15) is 27.6 Å². The molecule has 2 aromatic carbocycles. The second kappa shape index (κ2) is 8.91. The Bertz CT molecular complexity index is 1170. The van der Waals surface area contributed by atoms with Gasteiger partial charge in [0.1, 0.15) is 11.3 Å². The molecular weight excluding hydrogens is 510 g/mol. The zero-order valence-corrected chi connectivity index (χ0v) is 20.1. The number of hydrogen-bond acceptors (Lipinski definition) is 4. The molecule has 0 aliphatic carbocycles. The van der Waals surface area contributed by atoms with Crippen LogP contribution in [0.4, 0.5) is 23.7 Å². The lowest BCUT2D eigenvalue weighted by Gasteiger charge is -2.28. The predicted molar refractivity (Wildman–Crippen MR) is 122 cm³/mol. The van der Waals surface area contributed by atoms with E-state index in [1.165, 1.54) is 40.1 Å². The molecule has 0 N–H and O–H groups in total. The van der Waals surface area contributed by atoms with Gasteiger partial charge in [0.15, 0.2) is 0 Å². The van der Waals surface area contributed by atoms with Gasteiger partial charge in [-0.25, -0.2) is 9.69 Å². The number of hydrogen-bond donors (Lipinski definition) is 0. The highest BCUT2D eigenvalue weighted by Crippen LogP contribution is 2.45. The van der Waals surface area contributed by atoms with Crippen LogP contribution in [0.3, 0.4) is 0 Å². The molecule has 186 valence electrons. The number of carbonyl (C=O) groups is 3. The lowest BCUT2D eigenvalue weighted by molar-refractivity contribution is -0.274. The third kappa shape index (κ3) is 4.77. The second-order valence-electron chi connectivity index (χ2n) is 8.70. The van der Waals surface area contributed by atoms with Gasteiger partial charge in [-0.05, 0) is 42.3 Å². The molecule has 2 aliphatic rings. The maximum Gasteiger partial charge on any atom is 0.573 e. The van der Waals surface area contributed by atoms with Gasteiger partial charge in [0.2, 0.25) is 5.91 Å². The van der Waals surface area contributed by atoms with Gasteiger partial charge in [0.05, 0.1) is 11.6 Å². The van der Waals surface area contributed by atoms with Crippen molar-refractivity contribution < 1.29 is 32.3 Å². The smallest absolute Gasteiger partial charge is 0.406 e. The van der Waals surface area contributed by atoms with Crippen molar-refractivity contribution in [2.24, 2.45) is 5.92 Å². The Labute approximate surface area is 208 Å². The first-order valence-electron chi connectivity index (χ1n) is 10.5. The van der Waals surface area contributed by atoms with Gasteiger partial charge in [-0.15, -0.1) is 13.2 Å². The minimum atomic E-state index is -4.84. The van der Waals surface area contributed by atoms with E-state index in [2.05, 4.69) is 4.74 Å². The number of halogens is 5. The highest BCUT2D eigenvalue weighted by molar-refractivity contribution is 6.35. The van der Waals surface area contributed by atoms with Crippen molar-refractivity contribution in [3.8, 4) is 5.75 Å². The molecule has 4 amide bonds. The monoisotopic (exact) mass is 529 g/mol. The Hall–Kier alpha value is -2.98. The van der Waals surface area contributed by atoms with Crippen LogP contribution in [0, 0.1) is 5.92 Å². The molecule has 2 atom stereocenters. The van der Waals surface area contributed by atoms with Crippen molar-refractivity contribution in [1.29, 1.82) is 0 Å². The van der Waals surface area contributed by atoms with E-state index < -0.39 is 35.5 Å². The fourth-order valence-electron chi connectivity index (χ4n) is 4.67. The predicted octanol–water partition coefficient (Wildman–Crippen LogP) is 4.75. The van der Waals surface area contributed by atoms with Gasteiger partial charge in [-0.3, -0.25) is 9.59 Å². The van der Waals surface area contributed by atoms with E-state index >= 15 is 0 Å². The molecule has 0 bridgehead atoms. The Morgan fingerprint density at radius 1 is 1.11 bits per heavy atom. The van der Waals surface area contributed by atoms with Crippen molar-refractivity contribution in [2.45, 2.75) is 24.7 Å². The quantitative estimate of drug-likeness (QED) is 0.524. The summed E-state index contributed by atoms with van der Waals surface area (Å²) in [7, 11) is 3.17. The third-order valence-electron chi connectivity index (χ3n) is 6.08. The molecule has 0 unspecified atom stereocenters. The molecular formula is C23H20Cl2F3N3O4. The van der Waals surface area contributed by atoms with Crippen LogP contribution in [0.5, 0.6) is 5.75 Å². The highest BCUT2D eigenvalue weighted by atomic mass is 35.5. The van der Waals surface area contributed by atoms with Gasteiger partial charge >= 0.3 is 12.4 Å². The molecule has 0 radical (unpaired) electrons. The van der Waals surface area contributed by atoms with E-state index in [1.54, 1.807) is 14.1 Å². The number of fused-ring (bicyclic) bond motifs is 1. The minimum Gasteiger partial charge on any atom is -0.406 e. The SMILES string of the molecule is CN(C)C(=O)[C@H]1CN2C(=O)N(c3cc(Cl)cc(Cl)c3)C(=O)[C@]2(Cc2ccc(OC(F)(F)F)cc2)C1. The molecule has 12 heteroatoms.